The fraction of sp³-hybridized carbons (Fsp3) is 0.625. The number of rotatable bonds is 6. The Labute approximate surface area is 244 Å². The monoisotopic (exact) mass is 589 g/mol. The minimum atomic E-state index is -2.20. The van der Waals surface area contributed by atoms with Crippen LogP contribution in [0.15, 0.2) is 47.8 Å². The Hall–Kier alpha value is -2.13. The average molecular weight is 590 g/mol. The molecule has 3 fully saturated rings. The number of esters is 1. The molecule has 8 atom stereocenters. The minimum absolute atomic E-state index is 0.0505. The number of carbonyl (C=O) groups is 2. The lowest BCUT2D eigenvalue weighted by Gasteiger charge is -2.62. The summed E-state index contributed by atoms with van der Waals surface area (Å²) >= 11 is 6.06. The molecule has 0 spiro atoms. The largest absolute Gasteiger partial charge is 0.463 e. The third kappa shape index (κ3) is 3.96. The van der Waals surface area contributed by atoms with Crippen LogP contribution in [0.4, 0.5) is 8.78 Å². The first-order valence-corrected chi connectivity index (χ1v) is 15.1. The molecule has 1 N–H and O–H groups in total. The van der Waals surface area contributed by atoms with E-state index in [9.17, 15) is 14.7 Å². The maximum absolute atomic E-state index is 17.6. The zero-order chi connectivity index (χ0) is 29.4. The molecular formula is C32H38ClF2NO5. The van der Waals surface area contributed by atoms with Gasteiger partial charge in [-0.15, -0.1) is 0 Å². The molecule has 1 aromatic carbocycles. The third-order valence-electron chi connectivity index (χ3n) is 11.0. The van der Waals surface area contributed by atoms with Crippen molar-refractivity contribution in [2.75, 3.05) is 13.2 Å². The number of ether oxygens (including phenoxy) is 1. The van der Waals surface area contributed by atoms with E-state index in [1.54, 1.807) is 24.1 Å². The van der Waals surface area contributed by atoms with E-state index in [1.807, 2.05) is 26.0 Å². The molecule has 0 amide bonds. The number of unbranched alkanes of at least 4 members (excludes halogenated alkanes) is 1. The fourth-order valence-corrected chi connectivity index (χ4v) is 9.07. The summed E-state index contributed by atoms with van der Waals surface area (Å²) in [4.78, 5) is 32.9. The number of ketones is 1. The molecule has 41 heavy (non-hydrogen) atoms. The molecule has 0 unspecified atom stereocenters. The van der Waals surface area contributed by atoms with Crippen LogP contribution >= 0.6 is 11.6 Å². The second kappa shape index (κ2) is 9.97. The van der Waals surface area contributed by atoms with Crippen LogP contribution in [0.1, 0.15) is 64.9 Å². The van der Waals surface area contributed by atoms with Crippen LogP contribution in [0.2, 0.25) is 5.02 Å². The average Bonchev–Trinajstić information content (AvgIpc) is 3.40. The molecule has 1 saturated heterocycles. The molecule has 9 heteroatoms. The summed E-state index contributed by atoms with van der Waals surface area (Å²) < 4.78 is 39.2. The summed E-state index contributed by atoms with van der Waals surface area (Å²) in [6.45, 7) is 6.55. The van der Waals surface area contributed by atoms with E-state index in [2.05, 4.69) is 0 Å². The Morgan fingerprint density at radius 1 is 1.24 bits per heavy atom. The molecule has 222 valence electrons. The van der Waals surface area contributed by atoms with E-state index in [0.717, 1.165) is 12.0 Å². The molecule has 1 aromatic rings. The molecule has 0 bridgehead atoms. The van der Waals surface area contributed by atoms with E-state index < -0.39 is 51.8 Å². The van der Waals surface area contributed by atoms with Crippen molar-refractivity contribution >= 4 is 23.4 Å². The fourth-order valence-electron chi connectivity index (χ4n) is 8.94. The van der Waals surface area contributed by atoms with Gasteiger partial charge in [0.1, 0.15) is 5.83 Å². The second-order valence-corrected chi connectivity index (χ2v) is 13.5. The Bertz CT molecular complexity index is 1320. The van der Waals surface area contributed by atoms with Gasteiger partial charge in [0.05, 0.1) is 12.7 Å². The van der Waals surface area contributed by atoms with Crippen molar-refractivity contribution in [1.29, 1.82) is 0 Å². The van der Waals surface area contributed by atoms with E-state index in [-0.39, 0.29) is 43.1 Å². The van der Waals surface area contributed by atoms with Gasteiger partial charge in [0, 0.05) is 53.6 Å². The number of alkyl halides is 1. The van der Waals surface area contributed by atoms with E-state index in [4.69, 9.17) is 21.2 Å². The van der Waals surface area contributed by atoms with Crippen LogP contribution < -0.4 is 0 Å². The standard InChI is InChI=1S/C32H38ClF2NO5/c1-4-5-12-40-28(39)32-20(18-36(41-32)17-19-6-8-21(33)9-7-19)13-23-24-15-26(34)25-14-22(37)10-11-29(25,2)31(24,35)27(38)16-30(23,32)3/h6-11,20,23-24,27,38H,4-5,12-18H2,1-3H3/t20-,23-,24-,27-,29-,30-,31-,32-/m0/s1. The first kappa shape index (κ1) is 29.0. The van der Waals surface area contributed by atoms with Gasteiger partial charge in [0.2, 0.25) is 0 Å². The highest BCUT2D eigenvalue weighted by Gasteiger charge is 2.80. The smallest absolute Gasteiger partial charge is 0.341 e. The molecular weight excluding hydrogens is 552 g/mol. The lowest BCUT2D eigenvalue weighted by Crippen LogP contribution is -2.69. The zero-order valence-corrected chi connectivity index (χ0v) is 24.6. The molecule has 6 rings (SSSR count). The van der Waals surface area contributed by atoms with Crippen LogP contribution in [0, 0.1) is 28.6 Å². The van der Waals surface area contributed by atoms with Crippen molar-refractivity contribution in [3.63, 3.8) is 0 Å². The van der Waals surface area contributed by atoms with Gasteiger partial charge in [-0.05, 0) is 61.4 Å². The molecule has 1 aliphatic heterocycles. The number of nitrogens with zero attached hydrogens (tertiary/aromatic N) is 1. The Kier molecular flexibility index (Phi) is 7.04. The minimum Gasteiger partial charge on any atom is -0.463 e. The first-order chi connectivity index (χ1) is 19.4. The SMILES string of the molecule is CCCCOC(=O)[C@@]12ON(Cc3ccc(Cl)cc3)C[C@@H]1C[C@H]1[C@@H]3CC(F)=C4CC(=O)C=C[C@]4(C)[C@@]3(F)[C@@H](O)C[C@@]12C. The number of hydrogen-bond acceptors (Lipinski definition) is 6. The highest BCUT2D eigenvalue weighted by Crippen LogP contribution is 2.72. The molecule has 0 radical (unpaired) electrons. The number of carbonyl (C=O) groups excluding carboxylic acids is 2. The first-order valence-electron chi connectivity index (χ1n) is 14.7. The van der Waals surface area contributed by atoms with Crippen molar-refractivity contribution in [1.82, 2.24) is 5.06 Å². The predicted octanol–water partition coefficient (Wildman–Crippen LogP) is 6.06. The van der Waals surface area contributed by atoms with Crippen molar-refractivity contribution in [3.8, 4) is 0 Å². The summed E-state index contributed by atoms with van der Waals surface area (Å²) in [5.74, 6) is -2.95. The summed E-state index contributed by atoms with van der Waals surface area (Å²) in [5.41, 5.74) is -5.03. The molecule has 1 heterocycles. The lowest BCUT2D eigenvalue weighted by atomic mass is 9.45. The molecule has 4 aliphatic carbocycles. The number of benzene rings is 1. The van der Waals surface area contributed by atoms with Crippen molar-refractivity contribution < 1.29 is 33.1 Å². The van der Waals surface area contributed by atoms with Crippen molar-refractivity contribution in [2.24, 2.45) is 28.6 Å². The number of aliphatic hydroxyl groups is 1. The normalized spacial score (nSPS) is 41.6. The van der Waals surface area contributed by atoms with Crippen molar-refractivity contribution in [3.05, 3.63) is 58.4 Å². The second-order valence-electron chi connectivity index (χ2n) is 13.1. The Balaban J connectivity index is 1.39. The number of fused-ring (bicyclic) bond motifs is 7. The van der Waals surface area contributed by atoms with E-state index in [0.29, 0.717) is 31.0 Å². The van der Waals surface area contributed by atoms with Gasteiger partial charge in [-0.1, -0.05) is 50.1 Å². The molecule has 5 aliphatic rings. The number of hydroxylamine groups is 2. The quantitative estimate of drug-likeness (QED) is 0.321. The summed E-state index contributed by atoms with van der Waals surface area (Å²) in [5, 5.41) is 14.1. The number of allylic oxidation sites excluding steroid dienone is 4. The molecule has 6 nitrogen and oxygen atoms in total. The van der Waals surface area contributed by atoms with Gasteiger partial charge in [-0.2, -0.15) is 5.06 Å². The Morgan fingerprint density at radius 3 is 2.68 bits per heavy atom. The van der Waals surface area contributed by atoms with Gasteiger partial charge in [-0.3, -0.25) is 9.63 Å². The molecule has 2 saturated carbocycles. The van der Waals surface area contributed by atoms with Gasteiger partial charge in [0.25, 0.3) is 0 Å². The lowest BCUT2D eigenvalue weighted by molar-refractivity contribution is -0.275. The van der Waals surface area contributed by atoms with E-state index in [1.165, 1.54) is 12.2 Å². The third-order valence-corrected chi connectivity index (χ3v) is 11.3. The number of hydrogen-bond donors (Lipinski definition) is 1. The van der Waals surface area contributed by atoms with Gasteiger partial charge >= 0.3 is 5.97 Å². The summed E-state index contributed by atoms with van der Waals surface area (Å²) in [7, 11) is 0. The summed E-state index contributed by atoms with van der Waals surface area (Å²) in [6.07, 6.45) is 2.77. The maximum Gasteiger partial charge on any atom is 0.341 e. The van der Waals surface area contributed by atoms with Gasteiger partial charge < -0.3 is 9.84 Å². The van der Waals surface area contributed by atoms with Crippen LogP contribution in [-0.4, -0.2) is 52.4 Å². The molecule has 0 aromatic heterocycles. The topological polar surface area (TPSA) is 76.1 Å². The predicted molar refractivity (Wildman–Crippen MR) is 149 cm³/mol. The maximum atomic E-state index is 17.6. The van der Waals surface area contributed by atoms with Crippen molar-refractivity contribution in [2.45, 2.75) is 83.2 Å². The van der Waals surface area contributed by atoms with Crippen LogP contribution in [-0.2, 0) is 25.7 Å². The van der Waals surface area contributed by atoms with Gasteiger partial charge in [-0.25, -0.2) is 13.6 Å². The Morgan fingerprint density at radius 2 is 1.98 bits per heavy atom. The number of halogens is 3. The van der Waals surface area contributed by atoms with Crippen LogP contribution in [0.3, 0.4) is 0 Å². The van der Waals surface area contributed by atoms with E-state index >= 15 is 8.78 Å². The van der Waals surface area contributed by atoms with Crippen LogP contribution in [0.5, 0.6) is 0 Å². The summed E-state index contributed by atoms with van der Waals surface area (Å²) in [6, 6.07) is 7.39. The highest BCUT2D eigenvalue weighted by molar-refractivity contribution is 6.30. The van der Waals surface area contributed by atoms with Crippen LogP contribution in [0.25, 0.3) is 0 Å². The number of aliphatic hydroxyl groups excluding tert-OH is 1. The van der Waals surface area contributed by atoms with Gasteiger partial charge in [0.15, 0.2) is 17.1 Å². The zero-order valence-electron chi connectivity index (χ0n) is 23.8. The highest BCUT2D eigenvalue weighted by atomic mass is 35.5.